The molecule has 0 radical (unpaired) electrons. The molecule has 112 valence electrons. The number of hydrogen-bond acceptors (Lipinski definition) is 1. The molecule has 0 spiro atoms. The number of hydrogen-bond donors (Lipinski definition) is 1. The lowest BCUT2D eigenvalue weighted by atomic mass is 9.94. The van der Waals surface area contributed by atoms with E-state index >= 15 is 0 Å². The first-order chi connectivity index (χ1) is 10.0. The van der Waals surface area contributed by atoms with E-state index in [9.17, 15) is 4.39 Å². The summed E-state index contributed by atoms with van der Waals surface area (Å²) in [6.45, 7) is 4.86. The van der Waals surface area contributed by atoms with Gasteiger partial charge in [0, 0.05) is 10.0 Å². The molecule has 2 aromatic rings. The molecule has 0 amide bonds. The molecule has 1 atom stereocenters. The van der Waals surface area contributed by atoms with E-state index in [2.05, 4.69) is 12.2 Å². The minimum Gasteiger partial charge on any atom is -0.306 e. The Kier molecular flexibility index (Phi) is 5.63. The Morgan fingerprint density at radius 3 is 2.33 bits per heavy atom. The second kappa shape index (κ2) is 7.26. The van der Waals surface area contributed by atoms with Crippen LogP contribution in [0.3, 0.4) is 0 Å². The highest BCUT2D eigenvalue weighted by molar-refractivity contribution is 6.34. The van der Waals surface area contributed by atoms with Crippen LogP contribution >= 0.6 is 23.2 Å². The molecule has 1 N–H and O–H groups in total. The van der Waals surface area contributed by atoms with Gasteiger partial charge in [0.1, 0.15) is 5.82 Å². The third-order valence-electron chi connectivity index (χ3n) is 3.36. The lowest BCUT2D eigenvalue weighted by Crippen LogP contribution is -2.24. The Hall–Kier alpha value is -1.09. The van der Waals surface area contributed by atoms with Crippen molar-refractivity contribution in [3.63, 3.8) is 0 Å². The molecule has 0 aliphatic heterocycles. The lowest BCUT2D eigenvalue weighted by Gasteiger charge is -2.22. The molecule has 1 nitrogen and oxygen atoms in total. The first-order valence-electron chi connectivity index (χ1n) is 6.96. The summed E-state index contributed by atoms with van der Waals surface area (Å²) >= 11 is 12.2. The molecule has 1 unspecified atom stereocenters. The van der Waals surface area contributed by atoms with Crippen molar-refractivity contribution in [2.24, 2.45) is 0 Å². The average Bonchev–Trinajstić information content (AvgIpc) is 2.40. The van der Waals surface area contributed by atoms with Crippen molar-refractivity contribution in [1.82, 2.24) is 5.32 Å². The molecule has 0 aliphatic carbocycles. The fourth-order valence-electron chi connectivity index (χ4n) is 2.40. The maximum Gasteiger partial charge on any atom is 0.123 e. The largest absolute Gasteiger partial charge is 0.306 e. The van der Waals surface area contributed by atoms with Crippen molar-refractivity contribution >= 4 is 23.2 Å². The summed E-state index contributed by atoms with van der Waals surface area (Å²) in [4.78, 5) is 0. The number of benzene rings is 2. The van der Waals surface area contributed by atoms with Crippen LogP contribution in [0.15, 0.2) is 36.4 Å². The number of rotatable bonds is 5. The number of nitrogens with one attached hydrogen (secondary N) is 1. The van der Waals surface area contributed by atoms with Crippen molar-refractivity contribution in [2.45, 2.75) is 26.3 Å². The Morgan fingerprint density at radius 1 is 1.10 bits per heavy atom. The van der Waals surface area contributed by atoms with Crippen LogP contribution in [-0.4, -0.2) is 6.54 Å². The first-order valence-corrected chi connectivity index (χ1v) is 7.72. The van der Waals surface area contributed by atoms with E-state index in [-0.39, 0.29) is 11.9 Å². The van der Waals surface area contributed by atoms with Crippen molar-refractivity contribution < 1.29 is 4.39 Å². The van der Waals surface area contributed by atoms with Crippen LogP contribution in [0.25, 0.3) is 0 Å². The van der Waals surface area contributed by atoms with E-state index in [1.807, 2.05) is 25.1 Å². The van der Waals surface area contributed by atoms with Crippen LogP contribution in [0, 0.1) is 12.7 Å². The summed E-state index contributed by atoms with van der Waals surface area (Å²) in [7, 11) is 0. The molecular formula is C17H18Cl2FN. The van der Waals surface area contributed by atoms with Gasteiger partial charge in [-0.3, -0.25) is 0 Å². The summed E-state index contributed by atoms with van der Waals surface area (Å²) in [5, 5.41) is 4.67. The molecule has 0 bridgehead atoms. The third-order valence-corrected chi connectivity index (χ3v) is 3.80. The highest BCUT2D eigenvalue weighted by atomic mass is 35.5. The zero-order valence-electron chi connectivity index (χ0n) is 12.1. The smallest absolute Gasteiger partial charge is 0.123 e. The average molecular weight is 326 g/mol. The molecular weight excluding hydrogens is 308 g/mol. The van der Waals surface area contributed by atoms with Crippen LogP contribution in [0.2, 0.25) is 10.0 Å². The highest BCUT2D eigenvalue weighted by Gasteiger charge is 2.17. The zero-order valence-corrected chi connectivity index (χ0v) is 13.6. The fourth-order valence-corrected chi connectivity index (χ4v) is 2.94. The molecule has 2 rings (SSSR count). The summed E-state index contributed by atoms with van der Waals surface area (Å²) in [6.07, 6.45) is 1.01. The van der Waals surface area contributed by atoms with E-state index in [4.69, 9.17) is 23.2 Å². The number of halogens is 3. The van der Waals surface area contributed by atoms with Gasteiger partial charge in [0.15, 0.2) is 0 Å². The van der Waals surface area contributed by atoms with E-state index in [0.29, 0.717) is 10.0 Å². The summed E-state index contributed by atoms with van der Waals surface area (Å²) in [5.41, 5.74) is 2.92. The van der Waals surface area contributed by atoms with Crippen molar-refractivity contribution in [3.8, 4) is 0 Å². The second-order valence-corrected chi connectivity index (χ2v) is 5.96. The van der Waals surface area contributed by atoms with Gasteiger partial charge in [0.25, 0.3) is 0 Å². The predicted molar refractivity (Wildman–Crippen MR) is 87.7 cm³/mol. The van der Waals surface area contributed by atoms with Crippen molar-refractivity contribution in [2.75, 3.05) is 6.54 Å². The van der Waals surface area contributed by atoms with Gasteiger partial charge in [-0.1, -0.05) is 36.2 Å². The van der Waals surface area contributed by atoms with Gasteiger partial charge in [-0.05, 0) is 66.9 Å². The summed E-state index contributed by atoms with van der Waals surface area (Å²) in [5.74, 6) is -0.227. The molecule has 0 aliphatic rings. The summed E-state index contributed by atoms with van der Waals surface area (Å²) in [6, 6.07) is 10.3. The standard InChI is InChI=1S/C17H18Cl2FN/c1-3-6-21-17(12-8-13(18)10-14(19)9-12)16-5-4-15(20)7-11(16)2/h4-5,7-10,17,21H,3,6H2,1-2H3. The second-order valence-electron chi connectivity index (χ2n) is 5.09. The Bertz CT molecular complexity index is 608. The molecule has 4 heteroatoms. The minimum absolute atomic E-state index is 0.0539. The summed E-state index contributed by atoms with van der Waals surface area (Å²) < 4.78 is 13.3. The third kappa shape index (κ3) is 4.19. The van der Waals surface area contributed by atoms with Gasteiger partial charge in [0.05, 0.1) is 6.04 Å². The molecule has 2 aromatic carbocycles. The van der Waals surface area contributed by atoms with E-state index in [1.54, 1.807) is 12.1 Å². The molecule has 0 saturated heterocycles. The minimum atomic E-state index is -0.227. The Balaban J connectivity index is 2.46. The first kappa shape index (κ1) is 16.3. The topological polar surface area (TPSA) is 12.0 Å². The fraction of sp³-hybridized carbons (Fsp3) is 0.294. The van der Waals surface area contributed by atoms with E-state index in [0.717, 1.165) is 29.7 Å². The van der Waals surface area contributed by atoms with Gasteiger partial charge in [-0.2, -0.15) is 0 Å². The Labute approximate surface area is 135 Å². The molecule has 0 aromatic heterocycles. The number of aryl methyl sites for hydroxylation is 1. The van der Waals surface area contributed by atoms with Crippen LogP contribution in [0.4, 0.5) is 4.39 Å². The predicted octanol–water partition coefficient (Wildman–Crippen LogP) is 5.53. The maximum absolute atomic E-state index is 13.3. The van der Waals surface area contributed by atoms with Gasteiger partial charge in [-0.25, -0.2) is 4.39 Å². The quantitative estimate of drug-likeness (QED) is 0.762. The van der Waals surface area contributed by atoms with Crippen LogP contribution in [-0.2, 0) is 0 Å². The van der Waals surface area contributed by atoms with Gasteiger partial charge in [0.2, 0.25) is 0 Å². The zero-order chi connectivity index (χ0) is 15.4. The SMILES string of the molecule is CCCNC(c1cc(Cl)cc(Cl)c1)c1ccc(F)cc1C. The maximum atomic E-state index is 13.3. The lowest BCUT2D eigenvalue weighted by molar-refractivity contribution is 0.590. The monoisotopic (exact) mass is 325 g/mol. The van der Waals surface area contributed by atoms with Crippen molar-refractivity contribution in [3.05, 3.63) is 69.0 Å². The van der Waals surface area contributed by atoms with Crippen LogP contribution in [0.1, 0.15) is 36.1 Å². The Morgan fingerprint density at radius 2 is 1.76 bits per heavy atom. The highest BCUT2D eigenvalue weighted by Crippen LogP contribution is 2.29. The van der Waals surface area contributed by atoms with Crippen LogP contribution < -0.4 is 5.32 Å². The van der Waals surface area contributed by atoms with E-state index < -0.39 is 0 Å². The molecule has 0 fully saturated rings. The van der Waals surface area contributed by atoms with Gasteiger partial charge >= 0.3 is 0 Å². The van der Waals surface area contributed by atoms with Gasteiger partial charge < -0.3 is 5.32 Å². The van der Waals surface area contributed by atoms with Crippen molar-refractivity contribution in [1.29, 1.82) is 0 Å². The van der Waals surface area contributed by atoms with Crippen LogP contribution in [0.5, 0.6) is 0 Å². The molecule has 0 saturated carbocycles. The normalized spacial score (nSPS) is 12.4. The molecule has 21 heavy (non-hydrogen) atoms. The molecule has 0 heterocycles. The van der Waals surface area contributed by atoms with E-state index in [1.165, 1.54) is 6.07 Å². The van der Waals surface area contributed by atoms with Gasteiger partial charge in [-0.15, -0.1) is 0 Å².